The van der Waals surface area contributed by atoms with Gasteiger partial charge in [0, 0.05) is 12.5 Å². The Morgan fingerprint density at radius 1 is 0.833 bits per heavy atom. The van der Waals surface area contributed by atoms with Gasteiger partial charge in [0.15, 0.2) is 35.0 Å². The van der Waals surface area contributed by atoms with E-state index in [1.807, 2.05) is 29.7 Å². The molecular weight excluding hydrogens is 406 g/mol. The Labute approximate surface area is 185 Å². The van der Waals surface area contributed by atoms with Crippen molar-refractivity contribution >= 4 is 28.3 Å². The molecule has 0 aromatic heterocycles. The van der Waals surface area contributed by atoms with Gasteiger partial charge in [-0.2, -0.15) is 4.58 Å². The Balaban J connectivity index is 2.45. The molecule has 0 radical (unpaired) electrons. The highest BCUT2D eigenvalue weighted by Crippen LogP contribution is 2.41. The minimum absolute atomic E-state index is 0.0234. The van der Waals surface area contributed by atoms with Crippen LogP contribution in [-0.2, 0) is 20.2 Å². The van der Waals surface area contributed by atoms with Crippen molar-refractivity contribution in [3.05, 3.63) is 35.9 Å². The molecule has 0 saturated carbocycles. The molecule has 0 bridgehead atoms. The number of hydrogen-bond acceptors (Lipinski definition) is 3. The molecule has 1 aliphatic rings. The van der Waals surface area contributed by atoms with E-state index < -0.39 is 22.7 Å². The van der Waals surface area contributed by atoms with E-state index in [0.717, 1.165) is 11.3 Å². The molecule has 1 aliphatic heterocycles. The largest absolute Gasteiger partial charge is 0.418 e. The Hall–Kier alpha value is -1.09. The lowest BCUT2D eigenvalue weighted by Crippen LogP contribution is -2.53. The topological polar surface area (TPSA) is 38.5 Å². The second-order valence-corrected chi connectivity index (χ2v) is 21.2. The van der Waals surface area contributed by atoms with Gasteiger partial charge in [-0.3, -0.25) is 0 Å². The van der Waals surface area contributed by atoms with Crippen LogP contribution in [0.5, 0.6) is 0 Å². The summed E-state index contributed by atoms with van der Waals surface area (Å²) in [6.45, 7) is 24.8. The molecule has 0 aliphatic carbocycles. The number of rotatable bonds is 6. The van der Waals surface area contributed by atoms with E-state index in [1.54, 1.807) is 0 Å². The third-order valence-corrected chi connectivity index (χ3v) is 16.2. The van der Waals surface area contributed by atoms with E-state index in [-0.39, 0.29) is 22.1 Å². The van der Waals surface area contributed by atoms with Gasteiger partial charge in [-0.15, -0.1) is 0 Å². The number of amides is 1. The maximum absolute atomic E-state index is 13.6. The maximum atomic E-state index is 13.6. The molecule has 1 aromatic rings. The van der Waals surface area contributed by atoms with Gasteiger partial charge in [-0.1, -0.05) is 71.9 Å². The van der Waals surface area contributed by atoms with Crippen LogP contribution in [-0.4, -0.2) is 45.0 Å². The van der Waals surface area contributed by atoms with Crippen molar-refractivity contribution in [2.45, 2.75) is 103 Å². The minimum atomic E-state index is -2.15. The lowest BCUT2D eigenvalue weighted by Gasteiger charge is -2.41. The Kier molecular flexibility index (Phi) is 7.09. The zero-order chi connectivity index (χ0) is 23.1. The predicted molar refractivity (Wildman–Crippen MR) is 130 cm³/mol. The molecular formula is C24H42NO3Si2+. The molecule has 0 N–H and O–H groups in total. The van der Waals surface area contributed by atoms with Gasteiger partial charge in [-0.05, 0) is 36.3 Å². The predicted octanol–water partition coefficient (Wildman–Crippen LogP) is 5.98. The van der Waals surface area contributed by atoms with Crippen LogP contribution in [0.4, 0.5) is 0 Å². The van der Waals surface area contributed by atoms with Crippen molar-refractivity contribution in [1.82, 2.24) is 0 Å². The van der Waals surface area contributed by atoms with E-state index in [9.17, 15) is 4.79 Å². The summed E-state index contributed by atoms with van der Waals surface area (Å²) in [5, 5.41) is 0.0836. The number of carbonyl (C=O) groups is 1. The van der Waals surface area contributed by atoms with Crippen LogP contribution >= 0.6 is 0 Å². The van der Waals surface area contributed by atoms with Crippen LogP contribution in [0.1, 0.15) is 54.0 Å². The quantitative estimate of drug-likeness (QED) is 0.397. The van der Waals surface area contributed by atoms with Crippen molar-refractivity contribution in [3.63, 3.8) is 0 Å². The summed E-state index contributed by atoms with van der Waals surface area (Å²) in [7, 11) is -4.24. The molecule has 1 aromatic carbocycles. The SMILES string of the molecule is CC1=[N+](Cc2ccccc2)C(=O)[C@H](O[Si](C)(C)C(C)(C)C)[C@H]1O[Si](C)(C)C(C)(C)C. The number of benzene rings is 1. The summed E-state index contributed by atoms with van der Waals surface area (Å²) in [4.78, 5) is 13.6. The molecule has 0 unspecified atom stereocenters. The lowest BCUT2D eigenvalue weighted by molar-refractivity contribution is -0.462. The first-order chi connectivity index (χ1) is 13.5. The van der Waals surface area contributed by atoms with Crippen LogP contribution in [0.15, 0.2) is 30.3 Å². The molecule has 6 heteroatoms. The second kappa shape index (κ2) is 8.45. The van der Waals surface area contributed by atoms with Crippen molar-refractivity contribution in [2.75, 3.05) is 0 Å². The Morgan fingerprint density at radius 3 is 1.70 bits per heavy atom. The standard InChI is InChI=1S/C24H42NO3Si2/c1-18-20(27-29(8,9)23(2,3)4)21(28-30(10,11)24(5,6)7)22(26)25(18)17-19-15-13-12-14-16-19/h12-16,20-21H,17H2,1-11H3/q+1/t20-,21+/m0/s1. The summed E-state index contributed by atoms with van der Waals surface area (Å²) in [5.41, 5.74) is 2.08. The van der Waals surface area contributed by atoms with Crippen LogP contribution in [0.25, 0.3) is 0 Å². The van der Waals surface area contributed by atoms with Gasteiger partial charge in [0.1, 0.15) is 0 Å². The van der Waals surface area contributed by atoms with E-state index in [4.69, 9.17) is 8.85 Å². The molecule has 2 atom stereocenters. The molecule has 1 heterocycles. The van der Waals surface area contributed by atoms with Crippen LogP contribution in [0.3, 0.4) is 0 Å². The van der Waals surface area contributed by atoms with Crippen LogP contribution in [0, 0.1) is 0 Å². The van der Waals surface area contributed by atoms with Gasteiger partial charge in [0.05, 0.1) is 0 Å². The van der Waals surface area contributed by atoms with Crippen LogP contribution in [0.2, 0.25) is 36.3 Å². The fourth-order valence-corrected chi connectivity index (χ4v) is 5.54. The van der Waals surface area contributed by atoms with Crippen molar-refractivity contribution in [2.24, 2.45) is 0 Å². The average molecular weight is 449 g/mol. The third kappa shape index (κ3) is 5.21. The summed E-state index contributed by atoms with van der Waals surface area (Å²) < 4.78 is 15.4. The minimum Gasteiger partial charge on any atom is -0.402 e. The number of carbonyl (C=O) groups excluding carboxylic acids is 1. The fourth-order valence-electron chi connectivity index (χ4n) is 3.05. The monoisotopic (exact) mass is 448 g/mol. The third-order valence-electron chi connectivity index (χ3n) is 7.26. The van der Waals surface area contributed by atoms with Crippen LogP contribution < -0.4 is 0 Å². The van der Waals surface area contributed by atoms with E-state index >= 15 is 0 Å². The highest BCUT2D eigenvalue weighted by atomic mass is 28.4. The molecule has 2 rings (SSSR count). The highest BCUT2D eigenvalue weighted by Gasteiger charge is 2.56. The normalized spacial score (nSPS) is 21.5. The summed E-state index contributed by atoms with van der Waals surface area (Å²) >= 11 is 0. The Bertz CT molecular complexity index is 802. The average Bonchev–Trinajstić information content (AvgIpc) is 2.78. The Morgan fingerprint density at radius 2 is 1.27 bits per heavy atom. The molecule has 4 nitrogen and oxygen atoms in total. The van der Waals surface area contributed by atoms with E-state index in [2.05, 4.69) is 79.9 Å². The first kappa shape index (κ1) is 25.2. The number of hydrogen-bond donors (Lipinski definition) is 0. The molecule has 0 spiro atoms. The highest BCUT2D eigenvalue weighted by molar-refractivity contribution is 6.75. The molecule has 30 heavy (non-hydrogen) atoms. The summed E-state index contributed by atoms with van der Waals surface area (Å²) in [6.07, 6.45) is -0.889. The zero-order valence-electron chi connectivity index (χ0n) is 20.9. The number of nitrogens with zero attached hydrogens (tertiary/aromatic N) is 1. The maximum Gasteiger partial charge on any atom is 0.418 e. The first-order valence-corrected chi connectivity index (χ1v) is 16.8. The zero-order valence-corrected chi connectivity index (χ0v) is 22.9. The van der Waals surface area contributed by atoms with E-state index in [1.165, 1.54) is 0 Å². The fraction of sp³-hybridized carbons (Fsp3) is 0.667. The van der Waals surface area contributed by atoms with Gasteiger partial charge in [0.25, 0.3) is 0 Å². The van der Waals surface area contributed by atoms with Crippen molar-refractivity contribution in [1.29, 1.82) is 0 Å². The molecule has 0 fully saturated rings. The van der Waals surface area contributed by atoms with Crippen molar-refractivity contribution < 1.29 is 18.2 Å². The summed E-state index contributed by atoms with van der Waals surface area (Å²) in [5.74, 6) is 0.0323. The smallest absolute Gasteiger partial charge is 0.402 e. The molecule has 1 amide bonds. The van der Waals surface area contributed by atoms with Gasteiger partial charge in [-0.25, -0.2) is 4.79 Å². The van der Waals surface area contributed by atoms with Gasteiger partial charge < -0.3 is 8.85 Å². The molecule has 0 saturated heterocycles. The van der Waals surface area contributed by atoms with Crippen molar-refractivity contribution in [3.8, 4) is 0 Å². The van der Waals surface area contributed by atoms with Gasteiger partial charge in [0.2, 0.25) is 6.10 Å². The van der Waals surface area contributed by atoms with E-state index in [0.29, 0.717) is 6.54 Å². The lowest BCUT2D eigenvalue weighted by atomic mass is 10.2. The summed E-state index contributed by atoms with van der Waals surface area (Å²) in [6, 6.07) is 10.1. The molecule has 168 valence electrons. The second-order valence-electron chi connectivity index (χ2n) is 11.6. The first-order valence-electron chi connectivity index (χ1n) is 11.0. The van der Waals surface area contributed by atoms with Gasteiger partial charge >= 0.3 is 5.91 Å².